The van der Waals surface area contributed by atoms with E-state index >= 15 is 0 Å². The molecule has 8 aromatic carbocycles. The molecule has 0 spiro atoms. The summed E-state index contributed by atoms with van der Waals surface area (Å²) in [5, 5.41) is 13.0. The molecular weight excluding hydrogens is 633 g/mol. The van der Waals surface area contributed by atoms with E-state index in [1.807, 2.05) is 35.6 Å². The van der Waals surface area contributed by atoms with Gasteiger partial charge in [0, 0.05) is 53.2 Å². The van der Waals surface area contributed by atoms with E-state index in [-0.39, 0.29) is 0 Å². The third kappa shape index (κ3) is 3.58. The van der Waals surface area contributed by atoms with E-state index in [4.69, 9.17) is 13.3 Å². The first kappa shape index (κ1) is 26.6. The number of hydrogen-bond acceptors (Lipinski definition) is 4. The van der Waals surface area contributed by atoms with Gasteiger partial charge in [-0.05, 0) is 98.4 Å². The summed E-state index contributed by atoms with van der Waals surface area (Å²) in [4.78, 5) is 0. The minimum Gasteiger partial charge on any atom is -0.464 e. The molecule has 0 amide bonds. The van der Waals surface area contributed by atoms with E-state index in [9.17, 15) is 0 Å². The fourth-order valence-corrected chi connectivity index (χ4v) is 9.39. The van der Waals surface area contributed by atoms with Crippen molar-refractivity contribution in [3.8, 4) is 22.3 Å². The molecular formula is C46H24O3S. The summed E-state index contributed by atoms with van der Waals surface area (Å²) in [6, 6.07) is 50.3. The Balaban J connectivity index is 1.12. The van der Waals surface area contributed by atoms with Gasteiger partial charge >= 0.3 is 0 Å². The second-order valence-electron chi connectivity index (χ2n) is 13.2. The number of rotatable bonds is 2. The Kier molecular flexibility index (Phi) is 5.12. The molecule has 12 rings (SSSR count). The topological polar surface area (TPSA) is 39.4 Å². The van der Waals surface area contributed by atoms with Crippen LogP contribution in [0.15, 0.2) is 159 Å². The smallest absolute Gasteiger partial charge is 0.139 e. The fourth-order valence-electron chi connectivity index (χ4n) is 8.29. The zero-order valence-electron chi connectivity index (χ0n) is 26.5. The summed E-state index contributed by atoms with van der Waals surface area (Å²) in [6.45, 7) is 0. The van der Waals surface area contributed by atoms with Crippen LogP contribution in [0.25, 0.3) is 119 Å². The summed E-state index contributed by atoms with van der Waals surface area (Å²) in [7, 11) is 0. The maximum atomic E-state index is 6.41. The molecule has 0 bridgehead atoms. The highest BCUT2D eigenvalue weighted by atomic mass is 32.1. The van der Waals surface area contributed by atoms with Crippen LogP contribution in [0.5, 0.6) is 0 Å². The number of para-hydroxylation sites is 1. The van der Waals surface area contributed by atoms with Gasteiger partial charge in [0.25, 0.3) is 0 Å². The van der Waals surface area contributed by atoms with Gasteiger partial charge < -0.3 is 13.3 Å². The Labute approximate surface area is 288 Å². The van der Waals surface area contributed by atoms with Crippen molar-refractivity contribution >= 4 is 108 Å². The zero-order chi connectivity index (χ0) is 32.5. The zero-order valence-corrected chi connectivity index (χ0v) is 27.3. The molecule has 0 atom stereocenters. The predicted octanol–water partition coefficient (Wildman–Crippen LogP) is 14.2. The van der Waals surface area contributed by atoms with Crippen LogP contribution in [0.3, 0.4) is 0 Å². The van der Waals surface area contributed by atoms with Crippen LogP contribution in [0.2, 0.25) is 0 Å². The van der Waals surface area contributed by atoms with Crippen LogP contribution in [0.4, 0.5) is 0 Å². The molecule has 0 unspecified atom stereocenters. The molecule has 0 N–H and O–H groups in total. The van der Waals surface area contributed by atoms with Gasteiger partial charge in [-0.3, -0.25) is 0 Å². The van der Waals surface area contributed by atoms with Crippen molar-refractivity contribution < 1.29 is 13.3 Å². The minimum atomic E-state index is 0.832. The molecule has 0 saturated heterocycles. The fraction of sp³-hybridized carbons (Fsp3) is 0. The van der Waals surface area contributed by atoms with E-state index in [1.165, 1.54) is 64.0 Å². The lowest BCUT2D eigenvalue weighted by Gasteiger charge is -2.18. The van der Waals surface area contributed by atoms with Gasteiger partial charge in [-0.1, -0.05) is 78.9 Å². The van der Waals surface area contributed by atoms with Crippen LogP contribution in [-0.4, -0.2) is 0 Å². The van der Waals surface area contributed by atoms with Crippen LogP contribution in [-0.2, 0) is 0 Å². The third-order valence-corrected chi connectivity index (χ3v) is 11.7. The van der Waals surface area contributed by atoms with Crippen LogP contribution in [0, 0.1) is 0 Å². The van der Waals surface area contributed by atoms with Gasteiger partial charge in [0.2, 0.25) is 0 Å². The Morgan fingerprint density at radius 2 is 0.900 bits per heavy atom. The van der Waals surface area contributed by atoms with E-state index in [0.717, 1.165) is 54.8 Å². The standard InChI is InChI=1S/C46H24O3S/c1-3-10-31-29(8-1)45(26-13-15-39-33(20-26)35-22-34-28-7-5-6-12-38(28)48-41(34)23-42(35)49-39)30-9-2-4-11-32(30)46(31)27-14-16-43-36(21-27)37-19-25-17-18-47-40(25)24-44(37)50-43/h1-24H. The summed E-state index contributed by atoms with van der Waals surface area (Å²) >= 11 is 1.82. The maximum Gasteiger partial charge on any atom is 0.139 e. The molecule has 4 heteroatoms. The first-order valence-electron chi connectivity index (χ1n) is 16.8. The lowest BCUT2D eigenvalue weighted by atomic mass is 9.85. The Hall–Kier alpha value is -6.36. The van der Waals surface area contributed by atoms with Crippen molar-refractivity contribution in [1.82, 2.24) is 0 Å². The first-order valence-corrected chi connectivity index (χ1v) is 17.6. The van der Waals surface area contributed by atoms with Crippen molar-refractivity contribution in [2.45, 2.75) is 0 Å². The molecule has 50 heavy (non-hydrogen) atoms. The number of fused-ring (bicyclic) bond motifs is 12. The highest BCUT2D eigenvalue weighted by Gasteiger charge is 2.20. The van der Waals surface area contributed by atoms with Gasteiger partial charge in [0.1, 0.15) is 27.9 Å². The van der Waals surface area contributed by atoms with Gasteiger partial charge in [-0.15, -0.1) is 11.3 Å². The van der Waals surface area contributed by atoms with E-state index in [0.29, 0.717) is 0 Å². The summed E-state index contributed by atoms with van der Waals surface area (Å²) in [6.07, 6.45) is 1.77. The molecule has 4 heterocycles. The van der Waals surface area contributed by atoms with Crippen LogP contribution < -0.4 is 0 Å². The Morgan fingerprint density at radius 3 is 1.62 bits per heavy atom. The largest absolute Gasteiger partial charge is 0.464 e. The third-order valence-electron chi connectivity index (χ3n) is 10.5. The normalized spacial score (nSPS) is 12.4. The number of hydrogen-bond donors (Lipinski definition) is 0. The van der Waals surface area contributed by atoms with Gasteiger partial charge in [-0.2, -0.15) is 0 Å². The molecule has 12 aromatic rings. The molecule has 0 aliphatic carbocycles. The Bertz CT molecular complexity index is 3330. The van der Waals surface area contributed by atoms with Gasteiger partial charge in [-0.25, -0.2) is 0 Å². The quantitative estimate of drug-likeness (QED) is 0.174. The average Bonchev–Trinajstić information content (AvgIpc) is 3.93. The molecule has 0 radical (unpaired) electrons. The predicted molar refractivity (Wildman–Crippen MR) is 210 cm³/mol. The summed E-state index contributed by atoms with van der Waals surface area (Å²) < 4.78 is 20.8. The van der Waals surface area contributed by atoms with E-state index < -0.39 is 0 Å². The first-order chi connectivity index (χ1) is 24.7. The molecule has 4 aromatic heterocycles. The highest BCUT2D eigenvalue weighted by Crippen LogP contribution is 2.47. The van der Waals surface area contributed by atoms with Crippen molar-refractivity contribution in [3.63, 3.8) is 0 Å². The number of furan rings is 3. The van der Waals surface area contributed by atoms with E-state index in [2.05, 4.69) is 115 Å². The minimum absolute atomic E-state index is 0.832. The van der Waals surface area contributed by atoms with Crippen LogP contribution in [0.1, 0.15) is 0 Å². The van der Waals surface area contributed by atoms with Crippen molar-refractivity contribution in [2.24, 2.45) is 0 Å². The maximum absolute atomic E-state index is 6.41. The van der Waals surface area contributed by atoms with Crippen LogP contribution >= 0.6 is 11.3 Å². The Morgan fingerprint density at radius 1 is 0.340 bits per heavy atom. The summed E-state index contributed by atoms with van der Waals surface area (Å²) in [5.41, 5.74) is 9.24. The van der Waals surface area contributed by atoms with Gasteiger partial charge in [0.15, 0.2) is 0 Å². The molecule has 0 fully saturated rings. The lowest BCUT2D eigenvalue weighted by Crippen LogP contribution is -1.90. The number of thiophene rings is 1. The monoisotopic (exact) mass is 656 g/mol. The molecule has 0 saturated carbocycles. The SMILES string of the molecule is c1ccc2c(c1)oc1cc3oc4ccc(-c5c6ccccc6c(-c6ccc7sc8cc9occc9cc8c7c6)c6ccccc56)cc4c3cc12. The van der Waals surface area contributed by atoms with Crippen molar-refractivity contribution in [3.05, 3.63) is 146 Å². The summed E-state index contributed by atoms with van der Waals surface area (Å²) in [5.74, 6) is 0. The number of benzene rings is 8. The second-order valence-corrected chi connectivity index (χ2v) is 14.3. The van der Waals surface area contributed by atoms with Crippen molar-refractivity contribution in [1.29, 1.82) is 0 Å². The average molecular weight is 657 g/mol. The highest BCUT2D eigenvalue weighted by molar-refractivity contribution is 7.25. The molecule has 0 aliphatic heterocycles. The molecule has 3 nitrogen and oxygen atoms in total. The molecule has 232 valence electrons. The lowest BCUT2D eigenvalue weighted by molar-refractivity contribution is 0.616. The van der Waals surface area contributed by atoms with Crippen molar-refractivity contribution in [2.75, 3.05) is 0 Å². The molecule has 0 aliphatic rings. The second kappa shape index (κ2) is 9.63. The van der Waals surface area contributed by atoms with E-state index in [1.54, 1.807) is 6.26 Å². The van der Waals surface area contributed by atoms with Gasteiger partial charge in [0.05, 0.1) is 6.26 Å².